The fourth-order valence-electron chi connectivity index (χ4n) is 6.24. The van der Waals surface area contributed by atoms with Crippen molar-refractivity contribution in [1.82, 2.24) is 10.3 Å². The van der Waals surface area contributed by atoms with E-state index < -0.39 is 18.1 Å². The number of aryl methyl sites for hydroxylation is 2. The zero-order valence-corrected chi connectivity index (χ0v) is 22.8. The number of aromatic nitrogens is 1. The zero-order valence-electron chi connectivity index (χ0n) is 22.8. The zero-order chi connectivity index (χ0) is 27.8. The third-order valence-corrected chi connectivity index (χ3v) is 8.07. The molecule has 0 saturated carbocycles. The number of alkyl carbamates (subject to hydrolysis) is 1. The number of aliphatic carboxylic acids is 1. The van der Waals surface area contributed by atoms with Crippen LogP contribution in [0, 0.1) is 13.8 Å². The number of ether oxygens (including phenoxy) is 1. The van der Waals surface area contributed by atoms with Crippen molar-refractivity contribution in [2.75, 3.05) is 24.6 Å². The van der Waals surface area contributed by atoms with E-state index >= 15 is 0 Å². The Morgan fingerprint density at radius 1 is 1.00 bits per heavy atom. The molecular weight excluding hydrogens is 502 g/mol. The average Bonchev–Trinajstić information content (AvgIpc) is 3.58. The first-order valence-corrected chi connectivity index (χ1v) is 13.9. The largest absolute Gasteiger partial charge is 0.480 e. The molecule has 1 fully saturated rings. The van der Waals surface area contributed by atoms with E-state index in [9.17, 15) is 14.7 Å². The van der Waals surface area contributed by atoms with Gasteiger partial charge in [0.15, 0.2) is 0 Å². The lowest BCUT2D eigenvalue weighted by atomic mass is 9.98. The third kappa shape index (κ3) is 4.88. The lowest BCUT2D eigenvalue weighted by Gasteiger charge is -2.23. The maximum atomic E-state index is 12.9. The van der Waals surface area contributed by atoms with Crippen LogP contribution in [0.25, 0.3) is 22.0 Å². The van der Waals surface area contributed by atoms with Crippen LogP contribution < -0.4 is 10.2 Å². The number of nitrogens with one attached hydrogen (secondary N) is 1. The Morgan fingerprint density at radius 3 is 2.30 bits per heavy atom. The van der Waals surface area contributed by atoms with E-state index in [2.05, 4.69) is 53.5 Å². The van der Waals surface area contributed by atoms with Crippen molar-refractivity contribution in [2.45, 2.75) is 45.1 Å². The van der Waals surface area contributed by atoms with E-state index in [4.69, 9.17) is 9.72 Å². The molecule has 7 nitrogen and oxygen atoms in total. The molecule has 0 bridgehead atoms. The van der Waals surface area contributed by atoms with Gasteiger partial charge >= 0.3 is 12.1 Å². The second-order valence-corrected chi connectivity index (χ2v) is 10.9. The Hall–Kier alpha value is -4.39. The Kier molecular flexibility index (Phi) is 6.88. The highest BCUT2D eigenvalue weighted by atomic mass is 16.5. The molecule has 4 aromatic rings. The van der Waals surface area contributed by atoms with E-state index in [1.54, 1.807) is 0 Å². The number of carbonyl (C=O) groups is 2. The first-order chi connectivity index (χ1) is 19.4. The summed E-state index contributed by atoms with van der Waals surface area (Å²) in [5.74, 6) is -0.404. The van der Waals surface area contributed by atoms with Crippen molar-refractivity contribution in [3.63, 3.8) is 0 Å². The molecule has 40 heavy (non-hydrogen) atoms. The van der Waals surface area contributed by atoms with Gasteiger partial charge in [-0.25, -0.2) is 14.6 Å². The Bertz CT molecular complexity index is 1560. The molecule has 2 heterocycles. The van der Waals surface area contributed by atoms with Crippen molar-refractivity contribution in [3.8, 4) is 11.1 Å². The van der Waals surface area contributed by atoms with Crippen LogP contribution in [0.2, 0.25) is 0 Å². The van der Waals surface area contributed by atoms with Crippen LogP contribution >= 0.6 is 0 Å². The first kappa shape index (κ1) is 25.9. The normalized spacial score (nSPS) is 15.1. The lowest BCUT2D eigenvalue weighted by molar-refractivity contribution is -0.139. The van der Waals surface area contributed by atoms with Crippen molar-refractivity contribution < 1.29 is 19.4 Å². The molecule has 1 unspecified atom stereocenters. The number of fused-ring (bicyclic) bond motifs is 4. The van der Waals surface area contributed by atoms with Gasteiger partial charge in [0.05, 0.1) is 5.52 Å². The van der Waals surface area contributed by atoms with Crippen LogP contribution in [-0.4, -0.2) is 47.9 Å². The summed E-state index contributed by atoms with van der Waals surface area (Å²) in [7, 11) is 0. The molecule has 1 saturated heterocycles. The molecule has 0 radical (unpaired) electrons. The molecular formula is C33H33N3O4. The quantitative estimate of drug-likeness (QED) is 0.302. The highest BCUT2D eigenvalue weighted by molar-refractivity contribution is 5.86. The molecule has 2 N–H and O–H groups in total. The number of carboxylic acid groups (broad SMARTS) is 1. The van der Waals surface area contributed by atoms with Crippen LogP contribution in [0.3, 0.4) is 0 Å². The molecule has 2 aliphatic rings. The van der Waals surface area contributed by atoms with Crippen LogP contribution in [0.1, 0.15) is 46.6 Å². The molecule has 1 aromatic heterocycles. The van der Waals surface area contributed by atoms with Crippen molar-refractivity contribution in [2.24, 2.45) is 0 Å². The highest BCUT2D eigenvalue weighted by Crippen LogP contribution is 2.44. The van der Waals surface area contributed by atoms with Crippen LogP contribution in [0.5, 0.6) is 0 Å². The molecule has 1 aliphatic heterocycles. The molecule has 1 aliphatic carbocycles. The fraction of sp³-hybridized carbons (Fsp3) is 0.303. The van der Waals surface area contributed by atoms with Crippen LogP contribution in [0.4, 0.5) is 10.6 Å². The summed E-state index contributed by atoms with van der Waals surface area (Å²) in [6.07, 6.45) is 1.53. The average molecular weight is 536 g/mol. The summed E-state index contributed by atoms with van der Waals surface area (Å²) in [6.45, 7) is 5.98. The lowest BCUT2D eigenvalue weighted by Crippen LogP contribution is -2.43. The fourth-order valence-corrected chi connectivity index (χ4v) is 6.24. The summed E-state index contributed by atoms with van der Waals surface area (Å²) < 4.78 is 5.65. The van der Waals surface area contributed by atoms with E-state index in [1.165, 1.54) is 0 Å². The molecule has 7 heteroatoms. The molecule has 1 amide bonds. The number of carboxylic acids is 1. The summed E-state index contributed by atoms with van der Waals surface area (Å²) in [4.78, 5) is 32.5. The van der Waals surface area contributed by atoms with Gasteiger partial charge in [0.2, 0.25) is 0 Å². The van der Waals surface area contributed by atoms with Crippen LogP contribution in [-0.2, 0) is 16.0 Å². The standard InChI is InChI=1S/C33H33N3O4/c1-20-15-21(2)30-22(16-20)17-23(31(35-30)36-13-7-8-14-36)18-29(32(37)38)34-33(39)40-19-28-26-11-5-3-9-24(26)25-10-4-6-12-27(25)28/h3-6,9-12,15-17,28-29H,7-8,13-14,18-19H2,1-2H3,(H,34,39)(H,37,38). The predicted molar refractivity (Wildman–Crippen MR) is 156 cm³/mol. The summed E-state index contributed by atoms with van der Waals surface area (Å²) in [5, 5.41) is 13.7. The number of amides is 1. The number of nitrogens with zero attached hydrogens (tertiary/aromatic N) is 2. The van der Waals surface area contributed by atoms with Crippen molar-refractivity contribution in [1.29, 1.82) is 0 Å². The highest BCUT2D eigenvalue weighted by Gasteiger charge is 2.30. The van der Waals surface area contributed by atoms with Crippen molar-refractivity contribution >= 4 is 28.8 Å². The number of carbonyl (C=O) groups excluding carboxylic acids is 1. The smallest absolute Gasteiger partial charge is 0.407 e. The van der Waals surface area contributed by atoms with Gasteiger partial charge in [-0.15, -0.1) is 0 Å². The monoisotopic (exact) mass is 535 g/mol. The second kappa shape index (κ2) is 10.6. The minimum atomic E-state index is -1.15. The van der Waals surface area contributed by atoms with Gasteiger partial charge in [0.25, 0.3) is 0 Å². The molecule has 0 spiro atoms. The van der Waals surface area contributed by atoms with Gasteiger partial charge in [-0.1, -0.05) is 60.2 Å². The van der Waals surface area contributed by atoms with Gasteiger partial charge < -0.3 is 20.1 Å². The van der Waals surface area contributed by atoms with Crippen LogP contribution in [0.15, 0.2) is 66.7 Å². The second-order valence-electron chi connectivity index (χ2n) is 10.9. The summed E-state index contributed by atoms with van der Waals surface area (Å²) in [5.41, 5.74) is 8.44. The minimum Gasteiger partial charge on any atom is -0.480 e. The van der Waals surface area contributed by atoms with Gasteiger partial charge in [0.1, 0.15) is 18.5 Å². The van der Waals surface area contributed by atoms with E-state index in [1.807, 2.05) is 37.3 Å². The number of hydrogen-bond acceptors (Lipinski definition) is 5. The van der Waals surface area contributed by atoms with Gasteiger partial charge in [-0.2, -0.15) is 0 Å². The Morgan fingerprint density at radius 2 is 1.65 bits per heavy atom. The molecule has 6 rings (SSSR count). The number of pyridine rings is 1. The summed E-state index contributed by atoms with van der Waals surface area (Å²) >= 11 is 0. The van der Waals surface area contributed by atoms with E-state index in [-0.39, 0.29) is 18.9 Å². The maximum absolute atomic E-state index is 12.9. The summed E-state index contributed by atoms with van der Waals surface area (Å²) in [6, 6.07) is 21.3. The predicted octanol–water partition coefficient (Wildman–Crippen LogP) is 5.99. The first-order valence-electron chi connectivity index (χ1n) is 13.9. The van der Waals surface area contributed by atoms with E-state index in [0.717, 1.165) is 81.6 Å². The Balaban J connectivity index is 1.22. The number of anilines is 1. The molecule has 3 aromatic carbocycles. The van der Waals surface area contributed by atoms with Crippen molar-refractivity contribution in [3.05, 3.63) is 94.5 Å². The number of rotatable bonds is 7. The van der Waals surface area contributed by atoms with Gasteiger partial charge in [0, 0.05) is 30.8 Å². The number of benzene rings is 3. The molecule has 1 atom stereocenters. The SMILES string of the molecule is Cc1cc(C)c2nc(N3CCCC3)c(CC(NC(=O)OCC3c4ccccc4-c4ccccc43)C(=O)O)cc2c1. The van der Waals surface area contributed by atoms with Gasteiger partial charge in [-0.3, -0.25) is 0 Å². The topological polar surface area (TPSA) is 91.8 Å². The van der Waals surface area contributed by atoms with E-state index in [0.29, 0.717) is 0 Å². The minimum absolute atomic E-state index is 0.0978. The third-order valence-electron chi connectivity index (χ3n) is 8.07. The van der Waals surface area contributed by atoms with Gasteiger partial charge in [-0.05, 0) is 72.2 Å². The maximum Gasteiger partial charge on any atom is 0.407 e. The molecule has 204 valence electrons. The Labute approximate surface area is 233 Å². The number of hydrogen-bond donors (Lipinski definition) is 2.